The van der Waals surface area contributed by atoms with Crippen LogP contribution in [0.25, 0.3) is 10.9 Å². The maximum Gasteiger partial charge on any atom is 0.265 e. The number of carbonyl (C=O) groups is 2. The van der Waals surface area contributed by atoms with E-state index in [2.05, 4.69) is 15.5 Å². The molecule has 29 heavy (non-hydrogen) atoms. The van der Waals surface area contributed by atoms with Gasteiger partial charge in [-0.3, -0.25) is 14.5 Å². The first-order chi connectivity index (χ1) is 14.0. The molecule has 0 bridgehead atoms. The van der Waals surface area contributed by atoms with Crippen molar-refractivity contribution < 1.29 is 14.3 Å². The second-order valence-corrected chi connectivity index (χ2v) is 6.95. The van der Waals surface area contributed by atoms with Gasteiger partial charge in [-0.15, -0.1) is 0 Å². The largest absolute Gasteiger partial charge is 0.482 e. The summed E-state index contributed by atoms with van der Waals surface area (Å²) < 4.78 is 5.37. The van der Waals surface area contributed by atoms with Crippen molar-refractivity contribution in [3.63, 3.8) is 0 Å². The van der Waals surface area contributed by atoms with Gasteiger partial charge in [0.2, 0.25) is 0 Å². The summed E-state index contributed by atoms with van der Waals surface area (Å²) in [7, 11) is 0. The molecule has 8 heteroatoms. The fraction of sp³-hybridized carbons (Fsp3) is 0.143. The maximum atomic E-state index is 12.3. The number of anilines is 1. The molecule has 3 aromatic rings. The Morgan fingerprint density at radius 2 is 2.14 bits per heavy atom. The van der Waals surface area contributed by atoms with Crippen molar-refractivity contribution in [1.82, 2.24) is 10.4 Å². The fourth-order valence-electron chi connectivity index (χ4n) is 3.04. The highest BCUT2D eigenvalue weighted by Crippen LogP contribution is 2.31. The first-order valence-corrected chi connectivity index (χ1v) is 9.30. The zero-order chi connectivity index (χ0) is 20.4. The van der Waals surface area contributed by atoms with E-state index >= 15 is 0 Å². The highest BCUT2D eigenvalue weighted by Gasteiger charge is 2.26. The summed E-state index contributed by atoms with van der Waals surface area (Å²) in [5.74, 6) is -0.167. The Kier molecular flexibility index (Phi) is 5.14. The molecule has 0 saturated heterocycles. The molecule has 0 atom stereocenters. The van der Waals surface area contributed by atoms with Gasteiger partial charge in [-0.2, -0.15) is 5.10 Å². The predicted octanol–water partition coefficient (Wildman–Crippen LogP) is 3.07. The van der Waals surface area contributed by atoms with Gasteiger partial charge in [0.1, 0.15) is 17.4 Å². The van der Waals surface area contributed by atoms with E-state index in [0.717, 1.165) is 16.5 Å². The number of hydrogen-bond acceptors (Lipinski definition) is 5. The molecule has 1 aliphatic rings. The van der Waals surface area contributed by atoms with Crippen LogP contribution in [0.4, 0.5) is 5.69 Å². The van der Waals surface area contributed by atoms with Crippen LogP contribution < -0.4 is 15.1 Å². The van der Waals surface area contributed by atoms with Crippen LogP contribution in [0.3, 0.4) is 0 Å². The van der Waals surface area contributed by atoms with Gasteiger partial charge < -0.3 is 4.74 Å². The van der Waals surface area contributed by atoms with Gasteiger partial charge in [-0.1, -0.05) is 35.9 Å². The van der Waals surface area contributed by atoms with E-state index < -0.39 is 5.91 Å². The lowest BCUT2D eigenvalue weighted by Gasteiger charge is -2.28. The van der Waals surface area contributed by atoms with E-state index in [1.165, 1.54) is 11.1 Å². The van der Waals surface area contributed by atoms with Gasteiger partial charge in [0, 0.05) is 10.9 Å². The number of hydrazone groups is 1. The zero-order valence-electron chi connectivity index (χ0n) is 15.6. The molecule has 7 nitrogen and oxygen atoms in total. The maximum absolute atomic E-state index is 12.3. The lowest BCUT2D eigenvalue weighted by Crippen LogP contribution is -2.44. The summed E-state index contributed by atoms with van der Waals surface area (Å²) in [6, 6.07) is 14.8. The van der Waals surface area contributed by atoms with E-state index in [-0.39, 0.29) is 19.1 Å². The summed E-state index contributed by atoms with van der Waals surface area (Å²) in [5.41, 5.74) is 5.44. The van der Waals surface area contributed by atoms with Crippen LogP contribution in [0, 0.1) is 6.92 Å². The highest BCUT2D eigenvalue weighted by atomic mass is 35.5. The number of halogens is 1. The summed E-state index contributed by atoms with van der Waals surface area (Å²) in [6.07, 6.45) is 1.43. The van der Waals surface area contributed by atoms with E-state index in [1.807, 2.05) is 31.2 Å². The predicted molar refractivity (Wildman–Crippen MR) is 112 cm³/mol. The molecular formula is C21H17ClN4O3. The first-order valence-electron chi connectivity index (χ1n) is 8.92. The van der Waals surface area contributed by atoms with E-state index in [4.69, 9.17) is 16.3 Å². The van der Waals surface area contributed by atoms with Gasteiger partial charge in [-0.25, -0.2) is 10.4 Å². The number of carbonyl (C=O) groups excluding carboxylic acids is 2. The van der Waals surface area contributed by atoms with E-state index in [1.54, 1.807) is 24.3 Å². The fourth-order valence-corrected chi connectivity index (χ4v) is 3.23. The van der Waals surface area contributed by atoms with Crippen LogP contribution in [0.2, 0.25) is 5.15 Å². The molecule has 0 radical (unpaired) electrons. The number of hydrogen-bond donors (Lipinski definition) is 1. The Bertz CT molecular complexity index is 1150. The molecule has 1 aliphatic heterocycles. The lowest BCUT2D eigenvalue weighted by atomic mass is 10.1. The molecule has 0 spiro atoms. The van der Waals surface area contributed by atoms with Gasteiger partial charge >= 0.3 is 0 Å². The number of benzene rings is 2. The quantitative estimate of drug-likeness (QED) is 0.408. The molecule has 2 amide bonds. The third kappa shape index (κ3) is 4.05. The molecule has 0 unspecified atom stereocenters. The van der Waals surface area contributed by atoms with E-state index in [9.17, 15) is 9.59 Å². The van der Waals surface area contributed by atoms with Crippen molar-refractivity contribution in [1.29, 1.82) is 0 Å². The van der Waals surface area contributed by atoms with Crippen molar-refractivity contribution in [3.05, 3.63) is 64.8 Å². The molecule has 2 heterocycles. The minimum atomic E-state index is -0.438. The second-order valence-electron chi connectivity index (χ2n) is 6.59. The van der Waals surface area contributed by atoms with Gasteiger partial charge in [0.05, 0.1) is 17.4 Å². The Labute approximate surface area is 171 Å². The average molecular weight is 409 g/mol. The topological polar surface area (TPSA) is 83.9 Å². The number of ether oxygens (including phenoxy) is 1. The van der Waals surface area contributed by atoms with Crippen molar-refractivity contribution in [2.75, 3.05) is 18.1 Å². The number of amides is 2. The van der Waals surface area contributed by atoms with Crippen LogP contribution in [0.1, 0.15) is 11.1 Å². The van der Waals surface area contributed by atoms with Gasteiger partial charge in [-0.05, 0) is 36.8 Å². The average Bonchev–Trinajstić information content (AvgIpc) is 2.70. The Morgan fingerprint density at radius 3 is 3.00 bits per heavy atom. The summed E-state index contributed by atoms with van der Waals surface area (Å²) in [5, 5.41) is 5.16. The number of fused-ring (bicyclic) bond motifs is 2. The van der Waals surface area contributed by atoms with Crippen LogP contribution in [0.15, 0.2) is 53.6 Å². The van der Waals surface area contributed by atoms with Crippen molar-refractivity contribution in [2.24, 2.45) is 5.10 Å². The number of nitrogens with one attached hydrogen (secondary N) is 1. The normalized spacial score (nSPS) is 13.4. The van der Waals surface area contributed by atoms with Crippen molar-refractivity contribution >= 4 is 46.2 Å². The lowest BCUT2D eigenvalue weighted by molar-refractivity contribution is -0.125. The smallest absolute Gasteiger partial charge is 0.265 e. The second kappa shape index (κ2) is 7.89. The molecule has 1 N–H and O–H groups in total. The molecule has 4 rings (SSSR count). The SMILES string of the molecule is Cc1ccc2cc(/C=N\NC(=O)CN3C(=O)COc4ccccc43)c(Cl)nc2c1. The molecular weight excluding hydrogens is 392 g/mol. The van der Waals surface area contributed by atoms with Crippen LogP contribution in [-0.2, 0) is 9.59 Å². The number of nitrogens with zero attached hydrogens (tertiary/aromatic N) is 3. The molecule has 1 aromatic heterocycles. The number of para-hydroxylation sites is 2. The van der Waals surface area contributed by atoms with Gasteiger partial charge in [0.25, 0.3) is 11.8 Å². The van der Waals surface area contributed by atoms with Crippen molar-refractivity contribution in [3.8, 4) is 5.75 Å². The molecule has 146 valence electrons. The number of pyridine rings is 1. The Morgan fingerprint density at radius 1 is 1.31 bits per heavy atom. The Balaban J connectivity index is 1.45. The zero-order valence-corrected chi connectivity index (χ0v) is 16.3. The highest BCUT2D eigenvalue weighted by molar-refractivity contribution is 6.32. The monoisotopic (exact) mass is 408 g/mol. The summed E-state index contributed by atoms with van der Waals surface area (Å²) >= 11 is 6.22. The minimum Gasteiger partial charge on any atom is -0.482 e. The standard InChI is InChI=1S/C21H17ClN4O3/c1-13-6-7-14-9-15(21(22)24-16(14)8-13)10-23-25-19(27)11-26-17-4-2-3-5-18(17)29-12-20(26)28/h2-10H,11-12H2,1H3,(H,25,27)/b23-10-. The molecule has 2 aromatic carbocycles. The van der Waals surface area contributed by atoms with Crippen LogP contribution in [-0.4, -0.2) is 36.2 Å². The third-order valence-electron chi connectivity index (χ3n) is 4.46. The van der Waals surface area contributed by atoms with Crippen LogP contribution in [0.5, 0.6) is 5.75 Å². The van der Waals surface area contributed by atoms with E-state index in [0.29, 0.717) is 22.2 Å². The third-order valence-corrected chi connectivity index (χ3v) is 4.76. The van der Waals surface area contributed by atoms with Gasteiger partial charge in [0.15, 0.2) is 6.61 Å². The number of aromatic nitrogens is 1. The first kappa shape index (κ1) is 18.9. The summed E-state index contributed by atoms with van der Waals surface area (Å²) in [6.45, 7) is 1.71. The molecule has 0 saturated carbocycles. The minimum absolute atomic E-state index is 0.106. The summed E-state index contributed by atoms with van der Waals surface area (Å²) in [4.78, 5) is 30.2. The Hall–Kier alpha value is -3.45. The van der Waals surface area contributed by atoms with Crippen molar-refractivity contribution in [2.45, 2.75) is 6.92 Å². The molecule has 0 aliphatic carbocycles. The molecule has 0 fully saturated rings. The number of aryl methyl sites for hydroxylation is 1. The van der Waals surface area contributed by atoms with Crippen LogP contribution >= 0.6 is 11.6 Å². The number of rotatable bonds is 4.